The first-order valence-electron chi connectivity index (χ1n) is 6.62. The van der Waals surface area contributed by atoms with Crippen LogP contribution in [-0.2, 0) is 4.74 Å². The number of anilines is 3. The number of hydrogen-bond acceptors (Lipinski definition) is 6. The predicted molar refractivity (Wildman–Crippen MR) is 81.9 cm³/mol. The van der Waals surface area contributed by atoms with Crippen molar-refractivity contribution < 1.29 is 9.53 Å². The lowest BCUT2D eigenvalue weighted by Gasteiger charge is -2.11. The summed E-state index contributed by atoms with van der Waals surface area (Å²) in [4.78, 5) is 19.8. The molecule has 21 heavy (non-hydrogen) atoms. The molecule has 2 N–H and O–H groups in total. The number of nitrogens with zero attached hydrogens (tertiary/aromatic N) is 2. The van der Waals surface area contributed by atoms with Crippen LogP contribution in [0.25, 0.3) is 0 Å². The Morgan fingerprint density at radius 3 is 2.67 bits per heavy atom. The van der Waals surface area contributed by atoms with E-state index in [1.807, 2.05) is 26.0 Å². The molecule has 110 valence electrons. The quantitative estimate of drug-likeness (QED) is 0.823. The van der Waals surface area contributed by atoms with Crippen LogP contribution in [-0.4, -0.2) is 29.1 Å². The van der Waals surface area contributed by atoms with Gasteiger partial charge in [-0.05, 0) is 32.0 Å². The minimum atomic E-state index is -0.372. The fourth-order valence-electron chi connectivity index (χ4n) is 1.79. The van der Waals surface area contributed by atoms with E-state index in [0.717, 1.165) is 11.5 Å². The summed E-state index contributed by atoms with van der Waals surface area (Å²) < 4.78 is 4.70. The summed E-state index contributed by atoms with van der Waals surface area (Å²) in [5.41, 5.74) is 1.24. The molecule has 0 bridgehead atoms. The van der Waals surface area contributed by atoms with Gasteiger partial charge in [0.2, 0.25) is 0 Å². The fourth-order valence-corrected chi connectivity index (χ4v) is 1.79. The van der Waals surface area contributed by atoms with Crippen LogP contribution in [0.1, 0.15) is 24.2 Å². The largest absolute Gasteiger partial charge is 0.465 e. The Kier molecular flexibility index (Phi) is 4.71. The van der Waals surface area contributed by atoms with Crippen molar-refractivity contribution in [2.24, 2.45) is 0 Å². The van der Waals surface area contributed by atoms with Gasteiger partial charge in [-0.2, -0.15) is 0 Å². The highest BCUT2D eigenvalue weighted by molar-refractivity contribution is 5.90. The van der Waals surface area contributed by atoms with Gasteiger partial charge in [0.25, 0.3) is 0 Å². The zero-order chi connectivity index (χ0) is 15.2. The average Bonchev–Trinajstić information content (AvgIpc) is 2.46. The maximum Gasteiger partial charge on any atom is 0.337 e. The molecule has 0 unspecified atom stereocenters. The summed E-state index contributed by atoms with van der Waals surface area (Å²) in [5.74, 6) is 1.02. The van der Waals surface area contributed by atoms with Gasteiger partial charge in [0.15, 0.2) is 0 Å². The van der Waals surface area contributed by atoms with Gasteiger partial charge < -0.3 is 15.4 Å². The van der Waals surface area contributed by atoms with Crippen LogP contribution < -0.4 is 10.6 Å². The van der Waals surface area contributed by atoms with Crippen molar-refractivity contribution in [2.45, 2.75) is 19.9 Å². The molecule has 0 aliphatic carbocycles. The monoisotopic (exact) mass is 286 g/mol. The lowest BCUT2D eigenvalue weighted by molar-refractivity contribution is 0.0601. The third kappa shape index (κ3) is 4.17. The first-order chi connectivity index (χ1) is 10.1. The number of aromatic nitrogens is 2. The lowest BCUT2D eigenvalue weighted by atomic mass is 10.2. The van der Waals surface area contributed by atoms with E-state index >= 15 is 0 Å². The maximum absolute atomic E-state index is 11.5. The highest BCUT2D eigenvalue weighted by atomic mass is 16.5. The molecule has 2 aromatic rings. The second-order valence-corrected chi connectivity index (χ2v) is 4.78. The molecule has 6 nitrogen and oxygen atoms in total. The molecule has 1 aromatic carbocycles. The molecular weight excluding hydrogens is 268 g/mol. The molecule has 1 aromatic heterocycles. The zero-order valence-electron chi connectivity index (χ0n) is 12.3. The highest BCUT2D eigenvalue weighted by Gasteiger charge is 2.06. The van der Waals surface area contributed by atoms with E-state index in [0.29, 0.717) is 11.4 Å². The van der Waals surface area contributed by atoms with Crippen LogP contribution in [0.2, 0.25) is 0 Å². The minimum Gasteiger partial charge on any atom is -0.465 e. The Hall–Kier alpha value is -2.63. The third-order valence-electron chi connectivity index (χ3n) is 2.66. The van der Waals surface area contributed by atoms with Crippen molar-refractivity contribution in [2.75, 3.05) is 17.7 Å². The Morgan fingerprint density at radius 1 is 1.19 bits per heavy atom. The van der Waals surface area contributed by atoms with E-state index in [-0.39, 0.29) is 12.0 Å². The summed E-state index contributed by atoms with van der Waals surface area (Å²) in [6, 6.07) is 9.14. The molecule has 2 rings (SSSR count). The predicted octanol–water partition coefficient (Wildman–Crippen LogP) is 2.83. The number of nitrogens with one attached hydrogen (secondary N) is 2. The van der Waals surface area contributed by atoms with E-state index in [1.165, 1.54) is 13.4 Å². The minimum absolute atomic E-state index is 0.287. The van der Waals surface area contributed by atoms with Gasteiger partial charge in [-0.3, -0.25) is 0 Å². The summed E-state index contributed by atoms with van der Waals surface area (Å²) in [6.07, 6.45) is 1.48. The first-order valence-corrected chi connectivity index (χ1v) is 6.62. The number of carbonyl (C=O) groups excluding carboxylic acids is 1. The Balaban J connectivity index is 2.16. The normalized spacial score (nSPS) is 10.3. The number of methoxy groups -OCH3 is 1. The molecule has 0 aliphatic heterocycles. The smallest absolute Gasteiger partial charge is 0.337 e. The Bertz CT molecular complexity index is 629. The number of benzene rings is 1. The topological polar surface area (TPSA) is 76.1 Å². The number of hydrogen-bond donors (Lipinski definition) is 2. The van der Waals surface area contributed by atoms with Gasteiger partial charge in [-0.15, -0.1) is 0 Å². The molecule has 0 aliphatic rings. The molecule has 0 radical (unpaired) electrons. The van der Waals surface area contributed by atoms with Gasteiger partial charge in [-0.1, -0.05) is 6.07 Å². The SMILES string of the molecule is COC(=O)c1cccc(Nc2cc(NC(C)C)ncn2)c1. The van der Waals surface area contributed by atoms with Crippen LogP contribution in [0.4, 0.5) is 17.3 Å². The van der Waals surface area contributed by atoms with Crippen molar-refractivity contribution in [3.63, 3.8) is 0 Å². The second-order valence-electron chi connectivity index (χ2n) is 4.78. The van der Waals surface area contributed by atoms with E-state index in [2.05, 4.69) is 20.6 Å². The number of carbonyl (C=O) groups is 1. The van der Waals surface area contributed by atoms with E-state index < -0.39 is 0 Å². The Morgan fingerprint density at radius 2 is 1.95 bits per heavy atom. The van der Waals surface area contributed by atoms with Crippen molar-refractivity contribution in [1.29, 1.82) is 0 Å². The highest BCUT2D eigenvalue weighted by Crippen LogP contribution is 2.18. The first kappa shape index (κ1) is 14.8. The summed E-state index contributed by atoms with van der Waals surface area (Å²) in [6.45, 7) is 4.07. The molecule has 6 heteroatoms. The summed E-state index contributed by atoms with van der Waals surface area (Å²) in [7, 11) is 1.36. The number of rotatable bonds is 5. The standard InChI is InChI=1S/C15H18N4O2/c1-10(2)18-13-8-14(17-9-16-13)19-12-6-4-5-11(7-12)15(20)21-3/h4-10H,1-3H3,(H2,16,17,18,19). The Labute approximate surface area is 123 Å². The van der Waals surface area contributed by atoms with Gasteiger partial charge in [0.1, 0.15) is 18.0 Å². The van der Waals surface area contributed by atoms with E-state index in [4.69, 9.17) is 4.74 Å². The van der Waals surface area contributed by atoms with Gasteiger partial charge in [0, 0.05) is 17.8 Å². The molecule has 1 heterocycles. The fraction of sp³-hybridized carbons (Fsp3) is 0.267. The van der Waals surface area contributed by atoms with Crippen LogP contribution in [0.15, 0.2) is 36.7 Å². The van der Waals surface area contributed by atoms with Crippen LogP contribution >= 0.6 is 0 Å². The van der Waals surface area contributed by atoms with Crippen molar-refractivity contribution >= 4 is 23.3 Å². The maximum atomic E-state index is 11.5. The molecule has 0 spiro atoms. The molecule has 0 fully saturated rings. The van der Waals surface area contributed by atoms with Crippen molar-refractivity contribution in [3.05, 3.63) is 42.2 Å². The van der Waals surface area contributed by atoms with E-state index in [9.17, 15) is 4.79 Å². The summed E-state index contributed by atoms with van der Waals surface area (Å²) in [5, 5.41) is 6.34. The van der Waals surface area contributed by atoms with E-state index in [1.54, 1.807) is 18.2 Å². The lowest BCUT2D eigenvalue weighted by Crippen LogP contribution is -2.11. The van der Waals surface area contributed by atoms with Crippen LogP contribution in [0.5, 0.6) is 0 Å². The van der Waals surface area contributed by atoms with Gasteiger partial charge >= 0.3 is 5.97 Å². The van der Waals surface area contributed by atoms with Crippen LogP contribution in [0, 0.1) is 0 Å². The van der Waals surface area contributed by atoms with Crippen LogP contribution in [0.3, 0.4) is 0 Å². The second kappa shape index (κ2) is 6.69. The zero-order valence-corrected chi connectivity index (χ0v) is 12.3. The molecule has 0 saturated heterocycles. The molecular formula is C15H18N4O2. The molecule has 0 amide bonds. The number of ether oxygens (including phenoxy) is 1. The molecule has 0 saturated carbocycles. The van der Waals surface area contributed by atoms with Crippen molar-refractivity contribution in [3.8, 4) is 0 Å². The third-order valence-corrected chi connectivity index (χ3v) is 2.66. The molecule has 0 atom stereocenters. The number of esters is 1. The summed E-state index contributed by atoms with van der Waals surface area (Å²) >= 11 is 0. The average molecular weight is 286 g/mol. The van der Waals surface area contributed by atoms with Crippen molar-refractivity contribution in [1.82, 2.24) is 9.97 Å². The van der Waals surface area contributed by atoms with Gasteiger partial charge in [-0.25, -0.2) is 14.8 Å². The van der Waals surface area contributed by atoms with Gasteiger partial charge in [0.05, 0.1) is 12.7 Å².